The van der Waals surface area contributed by atoms with Crippen LogP contribution in [0.5, 0.6) is 0 Å². The highest BCUT2D eigenvalue weighted by Crippen LogP contribution is 2.21. The first-order valence-corrected chi connectivity index (χ1v) is 7.83. The molecule has 0 aromatic heterocycles. The SMILES string of the molecule is CC(C)CCC(=O)N1CCC(N2CCC(N)CC2)C1. The van der Waals surface area contributed by atoms with Crippen LogP contribution in [0.15, 0.2) is 0 Å². The Hall–Kier alpha value is -0.610. The predicted octanol–water partition coefficient (Wildman–Crippen LogP) is 1.45. The van der Waals surface area contributed by atoms with E-state index < -0.39 is 0 Å². The summed E-state index contributed by atoms with van der Waals surface area (Å²) >= 11 is 0. The summed E-state index contributed by atoms with van der Waals surface area (Å²) in [5.41, 5.74) is 5.95. The van der Waals surface area contributed by atoms with Crippen molar-refractivity contribution in [3.63, 3.8) is 0 Å². The maximum Gasteiger partial charge on any atom is 0.222 e. The van der Waals surface area contributed by atoms with Crippen molar-refractivity contribution in [1.82, 2.24) is 9.80 Å². The van der Waals surface area contributed by atoms with Crippen molar-refractivity contribution in [3.8, 4) is 0 Å². The minimum Gasteiger partial charge on any atom is -0.341 e. The lowest BCUT2D eigenvalue weighted by Gasteiger charge is -2.34. The molecule has 4 heteroatoms. The Morgan fingerprint density at radius 1 is 1.21 bits per heavy atom. The van der Waals surface area contributed by atoms with Crippen molar-refractivity contribution in [1.29, 1.82) is 0 Å². The van der Waals surface area contributed by atoms with Gasteiger partial charge in [0.15, 0.2) is 0 Å². The molecule has 2 fully saturated rings. The third-order valence-corrected chi connectivity index (χ3v) is 4.54. The van der Waals surface area contributed by atoms with E-state index in [9.17, 15) is 4.79 Å². The van der Waals surface area contributed by atoms with Gasteiger partial charge in [0.25, 0.3) is 0 Å². The van der Waals surface area contributed by atoms with Crippen molar-refractivity contribution >= 4 is 5.91 Å². The molecule has 1 atom stereocenters. The van der Waals surface area contributed by atoms with Crippen molar-refractivity contribution in [2.45, 2.75) is 58.0 Å². The lowest BCUT2D eigenvalue weighted by molar-refractivity contribution is -0.130. The first-order valence-electron chi connectivity index (χ1n) is 7.83. The molecule has 2 saturated heterocycles. The summed E-state index contributed by atoms with van der Waals surface area (Å²) in [6, 6.07) is 0.969. The van der Waals surface area contributed by atoms with Crippen LogP contribution in [0.2, 0.25) is 0 Å². The molecule has 2 aliphatic heterocycles. The van der Waals surface area contributed by atoms with E-state index in [1.54, 1.807) is 0 Å². The average molecular weight is 267 g/mol. The van der Waals surface area contributed by atoms with E-state index in [1.807, 2.05) is 0 Å². The van der Waals surface area contributed by atoms with Gasteiger partial charge < -0.3 is 10.6 Å². The Labute approximate surface area is 117 Å². The number of carbonyl (C=O) groups is 1. The van der Waals surface area contributed by atoms with Crippen molar-refractivity contribution in [2.75, 3.05) is 26.2 Å². The van der Waals surface area contributed by atoms with Gasteiger partial charge in [-0.15, -0.1) is 0 Å². The average Bonchev–Trinajstić information content (AvgIpc) is 2.86. The zero-order valence-corrected chi connectivity index (χ0v) is 12.5. The zero-order valence-electron chi connectivity index (χ0n) is 12.5. The molecule has 4 nitrogen and oxygen atoms in total. The lowest BCUT2D eigenvalue weighted by Crippen LogP contribution is -2.46. The van der Waals surface area contributed by atoms with Gasteiger partial charge in [-0.1, -0.05) is 13.8 Å². The number of piperidine rings is 1. The van der Waals surface area contributed by atoms with E-state index in [4.69, 9.17) is 5.73 Å². The molecule has 2 rings (SSSR count). The fourth-order valence-corrected chi connectivity index (χ4v) is 3.12. The Kier molecular flexibility index (Phi) is 5.22. The molecule has 0 saturated carbocycles. The maximum absolute atomic E-state index is 12.1. The van der Waals surface area contributed by atoms with E-state index in [0.29, 0.717) is 23.9 Å². The summed E-state index contributed by atoms with van der Waals surface area (Å²) < 4.78 is 0. The standard InChI is InChI=1S/C15H29N3O/c1-12(2)3-4-15(19)18-10-7-14(11-18)17-8-5-13(16)6-9-17/h12-14H,3-11,16H2,1-2H3. The second kappa shape index (κ2) is 6.71. The number of rotatable bonds is 4. The van der Waals surface area contributed by atoms with Crippen LogP contribution in [-0.2, 0) is 4.79 Å². The number of nitrogens with zero attached hydrogens (tertiary/aromatic N) is 2. The molecule has 1 amide bonds. The van der Waals surface area contributed by atoms with Crippen molar-refractivity contribution < 1.29 is 4.79 Å². The van der Waals surface area contributed by atoms with Crippen molar-refractivity contribution in [2.24, 2.45) is 11.7 Å². The number of likely N-dealkylation sites (tertiary alicyclic amines) is 2. The topological polar surface area (TPSA) is 49.6 Å². The van der Waals surface area contributed by atoms with Crippen LogP contribution in [0.1, 0.15) is 46.0 Å². The molecule has 2 aliphatic rings. The largest absolute Gasteiger partial charge is 0.341 e. The van der Waals surface area contributed by atoms with E-state index in [-0.39, 0.29) is 0 Å². The highest BCUT2D eigenvalue weighted by molar-refractivity contribution is 5.76. The predicted molar refractivity (Wildman–Crippen MR) is 77.8 cm³/mol. The molecule has 1 unspecified atom stereocenters. The van der Waals surface area contributed by atoms with Crippen LogP contribution in [0.4, 0.5) is 0 Å². The minimum absolute atomic E-state index is 0.352. The molecular weight excluding hydrogens is 238 g/mol. The number of hydrogen-bond acceptors (Lipinski definition) is 3. The second-order valence-corrected chi connectivity index (χ2v) is 6.59. The maximum atomic E-state index is 12.1. The van der Waals surface area contributed by atoms with Crippen LogP contribution in [-0.4, -0.2) is 54.0 Å². The summed E-state index contributed by atoms with van der Waals surface area (Å²) in [6.07, 6.45) is 5.09. The molecule has 110 valence electrons. The first-order chi connectivity index (χ1) is 9.06. The molecule has 0 aromatic rings. The van der Waals surface area contributed by atoms with Gasteiger partial charge in [-0.25, -0.2) is 0 Å². The van der Waals surface area contributed by atoms with Gasteiger partial charge in [0, 0.05) is 31.6 Å². The van der Waals surface area contributed by atoms with E-state index in [2.05, 4.69) is 23.6 Å². The van der Waals surface area contributed by atoms with Crippen LogP contribution in [0.3, 0.4) is 0 Å². The van der Waals surface area contributed by atoms with Crippen LogP contribution < -0.4 is 5.73 Å². The second-order valence-electron chi connectivity index (χ2n) is 6.59. The Morgan fingerprint density at radius 3 is 2.53 bits per heavy atom. The summed E-state index contributed by atoms with van der Waals surface area (Å²) in [7, 11) is 0. The zero-order chi connectivity index (χ0) is 13.8. The van der Waals surface area contributed by atoms with Crippen LogP contribution in [0.25, 0.3) is 0 Å². The van der Waals surface area contributed by atoms with E-state index >= 15 is 0 Å². The summed E-state index contributed by atoms with van der Waals surface area (Å²) in [4.78, 5) is 16.7. The summed E-state index contributed by atoms with van der Waals surface area (Å²) in [5.74, 6) is 0.968. The lowest BCUT2D eigenvalue weighted by atomic mass is 10.0. The first kappa shape index (κ1) is 14.8. The minimum atomic E-state index is 0.352. The summed E-state index contributed by atoms with van der Waals surface area (Å²) in [5, 5.41) is 0. The number of nitrogens with two attached hydrogens (primary N) is 1. The number of amides is 1. The van der Waals surface area contributed by atoms with Gasteiger partial charge in [0.1, 0.15) is 0 Å². The van der Waals surface area contributed by atoms with E-state index in [0.717, 1.165) is 58.3 Å². The molecule has 0 radical (unpaired) electrons. The molecule has 0 bridgehead atoms. The number of carbonyl (C=O) groups excluding carboxylic acids is 1. The fourth-order valence-electron chi connectivity index (χ4n) is 3.12. The van der Waals surface area contributed by atoms with Crippen LogP contribution >= 0.6 is 0 Å². The quantitative estimate of drug-likeness (QED) is 0.838. The molecular formula is C15H29N3O. The van der Waals surface area contributed by atoms with Gasteiger partial charge in [-0.3, -0.25) is 9.69 Å². The highest BCUT2D eigenvalue weighted by atomic mass is 16.2. The fraction of sp³-hybridized carbons (Fsp3) is 0.933. The molecule has 19 heavy (non-hydrogen) atoms. The normalized spacial score (nSPS) is 26.3. The van der Waals surface area contributed by atoms with Gasteiger partial charge >= 0.3 is 0 Å². The monoisotopic (exact) mass is 267 g/mol. The Morgan fingerprint density at radius 2 is 1.89 bits per heavy atom. The third-order valence-electron chi connectivity index (χ3n) is 4.54. The third kappa shape index (κ3) is 4.18. The molecule has 0 spiro atoms. The highest BCUT2D eigenvalue weighted by Gasteiger charge is 2.31. The molecule has 2 heterocycles. The van der Waals surface area contributed by atoms with Crippen LogP contribution in [0, 0.1) is 5.92 Å². The summed E-state index contributed by atoms with van der Waals surface area (Å²) in [6.45, 7) is 8.46. The van der Waals surface area contributed by atoms with Gasteiger partial charge in [-0.2, -0.15) is 0 Å². The van der Waals surface area contributed by atoms with Gasteiger partial charge in [-0.05, 0) is 44.7 Å². The molecule has 0 aliphatic carbocycles. The smallest absolute Gasteiger partial charge is 0.222 e. The van der Waals surface area contributed by atoms with Gasteiger partial charge in [0.2, 0.25) is 5.91 Å². The van der Waals surface area contributed by atoms with Crippen molar-refractivity contribution in [3.05, 3.63) is 0 Å². The molecule has 2 N–H and O–H groups in total. The molecule has 0 aromatic carbocycles. The Bertz CT molecular complexity index is 298. The van der Waals surface area contributed by atoms with E-state index in [1.165, 1.54) is 0 Å². The van der Waals surface area contributed by atoms with Gasteiger partial charge in [0.05, 0.1) is 0 Å². The number of hydrogen-bond donors (Lipinski definition) is 1. The Balaban J connectivity index is 1.75.